The van der Waals surface area contributed by atoms with Gasteiger partial charge >= 0.3 is 0 Å². The van der Waals surface area contributed by atoms with Crippen LogP contribution in [0.25, 0.3) is 0 Å². The highest BCUT2D eigenvalue weighted by atomic mass is 32.1. The van der Waals surface area contributed by atoms with Crippen LogP contribution >= 0.6 is 12.2 Å². The predicted molar refractivity (Wildman–Crippen MR) is 60.0 cm³/mol. The molecule has 13 heavy (non-hydrogen) atoms. The molecule has 4 heteroatoms. The molecule has 0 amide bonds. The van der Waals surface area contributed by atoms with Gasteiger partial charge < -0.3 is 15.4 Å². The highest BCUT2D eigenvalue weighted by Gasteiger charge is 2.07. The molecule has 0 heterocycles. The maximum atomic E-state index is 5.43. The van der Waals surface area contributed by atoms with Crippen LogP contribution in [0.5, 0.6) is 0 Å². The Balaban J connectivity index is 3.68. The molecular weight excluding hydrogens is 184 g/mol. The maximum absolute atomic E-state index is 5.43. The molecule has 0 aliphatic carbocycles. The minimum Gasteiger partial charge on any atom is -0.393 e. The van der Waals surface area contributed by atoms with Crippen molar-refractivity contribution in [2.24, 2.45) is 5.73 Å². The van der Waals surface area contributed by atoms with Crippen molar-refractivity contribution in [3.8, 4) is 0 Å². The highest BCUT2D eigenvalue weighted by Crippen LogP contribution is 1.97. The van der Waals surface area contributed by atoms with Crippen molar-refractivity contribution in [2.75, 3.05) is 26.7 Å². The van der Waals surface area contributed by atoms with Crippen molar-refractivity contribution in [2.45, 2.75) is 26.4 Å². The van der Waals surface area contributed by atoms with Gasteiger partial charge in [0.05, 0.1) is 11.1 Å². The van der Waals surface area contributed by atoms with Crippen LogP contribution in [0.2, 0.25) is 0 Å². The average Bonchev–Trinajstić information content (AvgIpc) is 2.11. The number of thiocarbonyl (C=S) groups is 1. The summed E-state index contributed by atoms with van der Waals surface area (Å²) in [6.45, 7) is 7.07. The summed E-state index contributed by atoms with van der Waals surface area (Å²) in [5, 5.41) is 0. The van der Waals surface area contributed by atoms with Gasteiger partial charge in [-0.1, -0.05) is 19.1 Å². The molecule has 0 rings (SSSR count). The second kappa shape index (κ2) is 7.24. The largest absolute Gasteiger partial charge is 0.393 e. The van der Waals surface area contributed by atoms with Gasteiger partial charge in [0.2, 0.25) is 0 Å². The summed E-state index contributed by atoms with van der Waals surface area (Å²) in [5.74, 6) is 0. The first-order chi connectivity index (χ1) is 6.10. The van der Waals surface area contributed by atoms with Crippen molar-refractivity contribution < 1.29 is 4.74 Å². The molecule has 0 saturated carbocycles. The fourth-order valence-electron chi connectivity index (χ4n) is 1.08. The second-order valence-corrected chi connectivity index (χ2v) is 3.68. The Morgan fingerprint density at radius 3 is 2.62 bits per heavy atom. The lowest BCUT2D eigenvalue weighted by atomic mass is 10.3. The van der Waals surface area contributed by atoms with E-state index >= 15 is 0 Å². The molecule has 0 aromatic rings. The molecular formula is C9H20N2OS. The topological polar surface area (TPSA) is 38.5 Å². The van der Waals surface area contributed by atoms with Gasteiger partial charge in [-0.3, -0.25) is 0 Å². The van der Waals surface area contributed by atoms with Crippen LogP contribution in [0.4, 0.5) is 0 Å². The molecule has 1 unspecified atom stereocenters. The van der Waals surface area contributed by atoms with Crippen LogP contribution in [-0.4, -0.2) is 42.7 Å². The lowest BCUT2D eigenvalue weighted by Crippen LogP contribution is -2.34. The van der Waals surface area contributed by atoms with Crippen LogP contribution < -0.4 is 5.73 Å². The molecule has 1 atom stereocenters. The summed E-state index contributed by atoms with van der Waals surface area (Å²) in [6.07, 6.45) is 1.06. The van der Waals surface area contributed by atoms with Gasteiger partial charge in [0, 0.05) is 26.6 Å². The summed E-state index contributed by atoms with van der Waals surface area (Å²) in [7, 11) is 1.73. The molecule has 0 aromatic heterocycles. The minimum atomic E-state index is 0.270. The third-order valence-corrected chi connectivity index (χ3v) is 2.24. The summed E-state index contributed by atoms with van der Waals surface area (Å²) >= 11 is 4.82. The van der Waals surface area contributed by atoms with Crippen molar-refractivity contribution in [3.63, 3.8) is 0 Å². The highest BCUT2D eigenvalue weighted by molar-refractivity contribution is 7.80. The smallest absolute Gasteiger partial charge is 0.0740 e. The molecule has 0 bridgehead atoms. The van der Waals surface area contributed by atoms with E-state index < -0.39 is 0 Å². The Hall–Kier alpha value is -0.190. The molecule has 3 nitrogen and oxygen atoms in total. The van der Waals surface area contributed by atoms with Gasteiger partial charge in [-0.05, 0) is 13.5 Å². The minimum absolute atomic E-state index is 0.270. The van der Waals surface area contributed by atoms with Crippen molar-refractivity contribution in [1.29, 1.82) is 0 Å². The zero-order chi connectivity index (χ0) is 10.3. The molecule has 0 aliphatic rings. The Bertz CT molecular complexity index is 153. The fraction of sp³-hybridized carbons (Fsp3) is 0.889. The Labute approximate surface area is 86.2 Å². The number of rotatable bonds is 7. The molecule has 0 aromatic carbocycles. The molecule has 0 radical (unpaired) electrons. The van der Waals surface area contributed by atoms with E-state index in [-0.39, 0.29) is 6.10 Å². The van der Waals surface area contributed by atoms with Gasteiger partial charge in [-0.2, -0.15) is 0 Å². The van der Waals surface area contributed by atoms with E-state index in [4.69, 9.17) is 22.7 Å². The Morgan fingerprint density at radius 2 is 2.23 bits per heavy atom. The predicted octanol–water partition coefficient (Wildman–Crippen LogP) is 1.02. The SMILES string of the molecule is CCN(CCC(N)=S)CC(C)OC. The number of nitrogens with zero attached hydrogens (tertiary/aromatic N) is 1. The molecule has 2 N–H and O–H groups in total. The summed E-state index contributed by atoms with van der Waals surface area (Å²) in [6, 6.07) is 0. The van der Waals surface area contributed by atoms with Crippen LogP contribution in [0.1, 0.15) is 20.3 Å². The van der Waals surface area contributed by atoms with E-state index in [9.17, 15) is 0 Å². The lowest BCUT2D eigenvalue weighted by Gasteiger charge is -2.23. The number of hydrogen-bond acceptors (Lipinski definition) is 3. The van der Waals surface area contributed by atoms with E-state index in [1.807, 2.05) is 0 Å². The van der Waals surface area contributed by atoms with Gasteiger partial charge in [0.1, 0.15) is 0 Å². The molecule has 0 aliphatic heterocycles. The van der Waals surface area contributed by atoms with Crippen molar-refractivity contribution >= 4 is 17.2 Å². The van der Waals surface area contributed by atoms with Gasteiger partial charge in [-0.15, -0.1) is 0 Å². The number of nitrogens with two attached hydrogens (primary N) is 1. The average molecular weight is 204 g/mol. The molecule has 0 spiro atoms. The zero-order valence-electron chi connectivity index (χ0n) is 8.75. The maximum Gasteiger partial charge on any atom is 0.0740 e. The Kier molecular flexibility index (Phi) is 7.13. The third-order valence-electron chi connectivity index (χ3n) is 2.04. The molecule has 0 fully saturated rings. The summed E-state index contributed by atoms with van der Waals surface area (Å²) < 4.78 is 5.18. The monoisotopic (exact) mass is 204 g/mol. The summed E-state index contributed by atoms with van der Waals surface area (Å²) in [5.41, 5.74) is 5.43. The van der Waals surface area contributed by atoms with Gasteiger partial charge in [0.25, 0.3) is 0 Å². The van der Waals surface area contributed by atoms with E-state index in [0.29, 0.717) is 4.99 Å². The van der Waals surface area contributed by atoms with E-state index in [0.717, 1.165) is 26.1 Å². The second-order valence-electron chi connectivity index (χ2n) is 3.16. The van der Waals surface area contributed by atoms with Crippen molar-refractivity contribution in [3.05, 3.63) is 0 Å². The molecule has 78 valence electrons. The first kappa shape index (κ1) is 12.8. The molecule has 0 saturated heterocycles. The lowest BCUT2D eigenvalue weighted by molar-refractivity contribution is 0.0798. The van der Waals surface area contributed by atoms with Crippen LogP contribution in [-0.2, 0) is 4.74 Å². The number of hydrogen-bond donors (Lipinski definition) is 1. The van der Waals surface area contributed by atoms with Gasteiger partial charge in [-0.25, -0.2) is 0 Å². The van der Waals surface area contributed by atoms with Crippen LogP contribution in [0.3, 0.4) is 0 Å². The van der Waals surface area contributed by atoms with E-state index in [1.54, 1.807) is 7.11 Å². The third kappa shape index (κ3) is 6.93. The van der Waals surface area contributed by atoms with Crippen LogP contribution in [0, 0.1) is 0 Å². The first-order valence-corrected chi connectivity index (χ1v) is 5.04. The van der Waals surface area contributed by atoms with Crippen LogP contribution in [0.15, 0.2) is 0 Å². The first-order valence-electron chi connectivity index (χ1n) is 4.63. The quantitative estimate of drug-likeness (QED) is 0.628. The van der Waals surface area contributed by atoms with E-state index in [2.05, 4.69) is 18.7 Å². The van der Waals surface area contributed by atoms with Gasteiger partial charge in [0.15, 0.2) is 0 Å². The summed E-state index contributed by atoms with van der Waals surface area (Å²) in [4.78, 5) is 2.87. The normalized spacial score (nSPS) is 13.2. The number of ether oxygens (including phenoxy) is 1. The standard InChI is InChI=1S/C9H20N2OS/c1-4-11(6-5-9(10)13)7-8(2)12-3/h8H,4-7H2,1-3H3,(H2,10,13). The van der Waals surface area contributed by atoms with Crippen molar-refractivity contribution in [1.82, 2.24) is 4.90 Å². The number of likely N-dealkylation sites (N-methyl/N-ethyl adjacent to an activating group) is 1. The van der Waals surface area contributed by atoms with E-state index in [1.165, 1.54) is 0 Å². The fourth-order valence-corrected chi connectivity index (χ4v) is 1.18. The Morgan fingerprint density at radius 1 is 1.62 bits per heavy atom. The number of methoxy groups -OCH3 is 1. The zero-order valence-corrected chi connectivity index (χ0v) is 9.56.